The number of para-hydroxylation sites is 1. The molecule has 0 fully saturated rings. The summed E-state index contributed by atoms with van der Waals surface area (Å²) in [4.78, 5) is 2.40. The number of nitrogens with zero attached hydrogens (tertiary/aromatic N) is 1. The summed E-state index contributed by atoms with van der Waals surface area (Å²) in [7, 11) is 0. The van der Waals surface area contributed by atoms with Gasteiger partial charge in [-0.3, -0.25) is 0 Å². The van der Waals surface area contributed by atoms with Crippen LogP contribution in [-0.4, -0.2) is 0 Å². The van der Waals surface area contributed by atoms with Gasteiger partial charge in [0.25, 0.3) is 0 Å². The molecular formula is C6H6BrClN2. The Bertz CT molecular complexity index is 192. The smallest absolute Gasteiger partial charge is 0.0683 e. The van der Waals surface area contributed by atoms with Crippen molar-refractivity contribution in [2.45, 2.75) is 0 Å². The van der Waals surface area contributed by atoms with E-state index >= 15 is 0 Å². The summed E-state index contributed by atoms with van der Waals surface area (Å²) in [6.07, 6.45) is 0. The van der Waals surface area contributed by atoms with Crippen LogP contribution in [0.4, 0.5) is 5.69 Å². The van der Waals surface area contributed by atoms with Crippen molar-refractivity contribution >= 4 is 33.6 Å². The molecule has 54 valence electrons. The number of rotatable bonds is 2. The van der Waals surface area contributed by atoms with Gasteiger partial charge >= 0.3 is 0 Å². The van der Waals surface area contributed by atoms with E-state index in [2.05, 4.69) is 21.1 Å². The summed E-state index contributed by atoms with van der Waals surface area (Å²) in [5.41, 5.74) is 0.956. The lowest BCUT2D eigenvalue weighted by molar-refractivity contribution is 1.10. The van der Waals surface area contributed by atoms with Crippen molar-refractivity contribution in [2.75, 3.05) is 4.03 Å². The van der Waals surface area contributed by atoms with Crippen LogP contribution in [0.25, 0.3) is 0 Å². The summed E-state index contributed by atoms with van der Waals surface area (Å²) in [5.74, 6) is 0. The molecule has 0 unspecified atom stereocenters. The molecule has 0 bridgehead atoms. The topological polar surface area (TPSA) is 15.3 Å². The largest absolute Gasteiger partial charge is 0.228 e. The molecule has 0 heterocycles. The van der Waals surface area contributed by atoms with Crippen molar-refractivity contribution in [1.82, 2.24) is 4.94 Å². The number of anilines is 1. The first kappa shape index (κ1) is 7.85. The molecule has 0 spiro atoms. The number of benzene rings is 1. The Balaban J connectivity index is 2.75. The van der Waals surface area contributed by atoms with Crippen LogP contribution in [0.2, 0.25) is 0 Å². The first-order chi connectivity index (χ1) is 4.84. The SMILES string of the molecule is ClNN(Br)c1ccccc1. The molecule has 0 atom stereocenters. The van der Waals surface area contributed by atoms with E-state index in [9.17, 15) is 0 Å². The molecule has 0 aliphatic heterocycles. The van der Waals surface area contributed by atoms with Gasteiger partial charge in [-0.15, -0.1) is 4.94 Å². The van der Waals surface area contributed by atoms with Crippen LogP contribution < -0.4 is 8.98 Å². The van der Waals surface area contributed by atoms with Crippen LogP contribution >= 0.6 is 27.9 Å². The second-order valence-corrected chi connectivity index (χ2v) is 2.58. The van der Waals surface area contributed by atoms with E-state index < -0.39 is 0 Å². The predicted molar refractivity (Wildman–Crippen MR) is 46.8 cm³/mol. The molecule has 1 rings (SSSR count). The van der Waals surface area contributed by atoms with Gasteiger partial charge in [-0.05, 0) is 23.9 Å². The molecule has 1 N–H and O–H groups in total. The minimum atomic E-state index is 0.956. The summed E-state index contributed by atoms with van der Waals surface area (Å²) < 4.78 is 1.54. The highest BCUT2D eigenvalue weighted by Gasteiger charge is 1.96. The number of hydrogen-bond donors (Lipinski definition) is 1. The third-order valence-corrected chi connectivity index (χ3v) is 2.02. The number of nitrogens with one attached hydrogen (secondary N) is 1. The van der Waals surface area contributed by atoms with E-state index in [1.807, 2.05) is 30.3 Å². The number of hydrazine groups is 1. The number of hydrogen-bond acceptors (Lipinski definition) is 2. The average Bonchev–Trinajstić information content (AvgIpc) is 2.05. The summed E-state index contributed by atoms with van der Waals surface area (Å²) in [6.45, 7) is 0. The first-order valence-corrected chi connectivity index (χ1v) is 3.80. The quantitative estimate of drug-likeness (QED) is 0.610. The Kier molecular flexibility index (Phi) is 2.99. The van der Waals surface area contributed by atoms with E-state index in [4.69, 9.17) is 11.8 Å². The van der Waals surface area contributed by atoms with Gasteiger partial charge in [-0.2, -0.15) is 0 Å². The van der Waals surface area contributed by atoms with E-state index in [0.29, 0.717) is 0 Å². The minimum Gasteiger partial charge on any atom is -0.228 e. The predicted octanol–water partition coefficient (Wildman–Crippen LogP) is 2.46. The maximum Gasteiger partial charge on any atom is 0.0683 e. The Hall–Kier alpha value is -0.250. The summed E-state index contributed by atoms with van der Waals surface area (Å²) in [6, 6.07) is 9.64. The molecule has 1 aromatic carbocycles. The van der Waals surface area contributed by atoms with Crippen LogP contribution in [0.1, 0.15) is 0 Å². The zero-order valence-electron chi connectivity index (χ0n) is 5.09. The molecule has 10 heavy (non-hydrogen) atoms. The first-order valence-electron chi connectivity index (χ1n) is 2.72. The van der Waals surface area contributed by atoms with Crippen molar-refractivity contribution in [3.8, 4) is 0 Å². The van der Waals surface area contributed by atoms with E-state index in [-0.39, 0.29) is 0 Å². The normalized spacial score (nSPS) is 9.40. The zero-order chi connectivity index (χ0) is 7.40. The lowest BCUT2D eigenvalue weighted by Gasteiger charge is -2.10. The van der Waals surface area contributed by atoms with Crippen LogP contribution in [-0.2, 0) is 0 Å². The van der Waals surface area contributed by atoms with Crippen LogP contribution in [0.5, 0.6) is 0 Å². The second-order valence-electron chi connectivity index (χ2n) is 1.70. The van der Waals surface area contributed by atoms with Crippen molar-refractivity contribution < 1.29 is 0 Å². The van der Waals surface area contributed by atoms with Crippen LogP contribution in [0, 0.1) is 0 Å². The fourth-order valence-electron chi connectivity index (χ4n) is 0.608. The van der Waals surface area contributed by atoms with Crippen LogP contribution in [0.15, 0.2) is 30.3 Å². The molecule has 0 radical (unpaired) electrons. The standard InChI is InChI=1S/C6H6BrClN2/c7-10(9-8)6-4-2-1-3-5-6/h1-5,9H. The fourth-order valence-corrected chi connectivity index (χ4v) is 0.942. The Labute approximate surface area is 73.2 Å². The third-order valence-electron chi connectivity index (χ3n) is 1.06. The van der Waals surface area contributed by atoms with E-state index in [1.54, 1.807) is 0 Å². The molecule has 0 saturated heterocycles. The van der Waals surface area contributed by atoms with Crippen LogP contribution in [0.3, 0.4) is 0 Å². The maximum absolute atomic E-state index is 5.32. The molecule has 0 aromatic heterocycles. The highest BCUT2D eigenvalue weighted by atomic mass is 79.9. The summed E-state index contributed by atoms with van der Waals surface area (Å²) in [5, 5.41) is 0. The van der Waals surface area contributed by atoms with Gasteiger partial charge in [-0.25, -0.2) is 4.03 Å². The minimum absolute atomic E-state index is 0.956. The maximum atomic E-state index is 5.32. The van der Waals surface area contributed by atoms with Gasteiger partial charge in [0, 0.05) is 0 Å². The average molecular weight is 221 g/mol. The van der Waals surface area contributed by atoms with Gasteiger partial charge in [0.05, 0.1) is 21.8 Å². The molecule has 2 nitrogen and oxygen atoms in total. The highest BCUT2D eigenvalue weighted by Crippen LogP contribution is 2.13. The Morgan fingerprint density at radius 1 is 1.30 bits per heavy atom. The number of halogens is 2. The lowest BCUT2D eigenvalue weighted by Crippen LogP contribution is -2.18. The molecule has 1 aromatic rings. The van der Waals surface area contributed by atoms with Gasteiger partial charge in [0.2, 0.25) is 0 Å². The van der Waals surface area contributed by atoms with Crippen molar-refractivity contribution in [3.05, 3.63) is 30.3 Å². The van der Waals surface area contributed by atoms with Crippen molar-refractivity contribution in [1.29, 1.82) is 0 Å². The van der Waals surface area contributed by atoms with Crippen molar-refractivity contribution in [3.63, 3.8) is 0 Å². The summed E-state index contributed by atoms with van der Waals surface area (Å²) >= 11 is 8.49. The van der Waals surface area contributed by atoms with E-state index in [1.165, 1.54) is 4.03 Å². The fraction of sp³-hybridized carbons (Fsp3) is 0. The molecule has 0 saturated carbocycles. The molecule has 4 heteroatoms. The second kappa shape index (κ2) is 3.81. The Morgan fingerprint density at radius 2 is 1.90 bits per heavy atom. The molecular weight excluding hydrogens is 215 g/mol. The van der Waals surface area contributed by atoms with Gasteiger partial charge in [0.15, 0.2) is 0 Å². The van der Waals surface area contributed by atoms with Gasteiger partial charge in [-0.1, -0.05) is 18.2 Å². The molecule has 0 aliphatic carbocycles. The lowest BCUT2D eigenvalue weighted by atomic mass is 10.3. The van der Waals surface area contributed by atoms with Gasteiger partial charge < -0.3 is 0 Å². The zero-order valence-corrected chi connectivity index (χ0v) is 7.43. The molecule has 0 aliphatic rings. The van der Waals surface area contributed by atoms with Gasteiger partial charge in [0.1, 0.15) is 0 Å². The van der Waals surface area contributed by atoms with Crippen molar-refractivity contribution in [2.24, 2.45) is 0 Å². The third kappa shape index (κ3) is 1.87. The molecule has 0 amide bonds. The monoisotopic (exact) mass is 220 g/mol. The Morgan fingerprint density at radius 3 is 2.40 bits per heavy atom. The highest BCUT2D eigenvalue weighted by molar-refractivity contribution is 9.10. The van der Waals surface area contributed by atoms with E-state index in [0.717, 1.165) is 5.69 Å².